The lowest BCUT2D eigenvalue weighted by Gasteiger charge is -2.03. The molecule has 1 unspecified atom stereocenters. The Morgan fingerprint density at radius 2 is 2.14 bits per heavy atom. The first-order valence-electron chi connectivity index (χ1n) is 4.39. The Labute approximate surface area is 85.8 Å². The van der Waals surface area contributed by atoms with E-state index in [0.29, 0.717) is 0 Å². The summed E-state index contributed by atoms with van der Waals surface area (Å²) in [6, 6.07) is 7.89. The molecular weight excluding hydrogens is 196 g/mol. The van der Waals surface area contributed by atoms with Crippen molar-refractivity contribution in [2.75, 3.05) is 0 Å². The summed E-state index contributed by atoms with van der Waals surface area (Å²) in [6.45, 7) is 1.72. The largest absolute Gasteiger partial charge is 0.481 e. The van der Waals surface area contributed by atoms with Gasteiger partial charge in [0.1, 0.15) is 0 Å². The molecule has 1 heterocycles. The third-order valence-electron chi connectivity index (χ3n) is 2.35. The summed E-state index contributed by atoms with van der Waals surface area (Å²) < 4.78 is 1.15. The van der Waals surface area contributed by atoms with Crippen LogP contribution in [0.4, 0.5) is 0 Å². The summed E-state index contributed by atoms with van der Waals surface area (Å²) in [4.78, 5) is 10.8. The maximum absolute atomic E-state index is 10.8. The number of hydrogen-bond acceptors (Lipinski definition) is 2. The molecule has 2 nitrogen and oxygen atoms in total. The quantitative estimate of drug-likeness (QED) is 0.819. The first kappa shape index (κ1) is 9.21. The molecule has 0 amide bonds. The van der Waals surface area contributed by atoms with Crippen molar-refractivity contribution < 1.29 is 9.90 Å². The number of carboxylic acids is 1. The van der Waals surface area contributed by atoms with E-state index < -0.39 is 11.9 Å². The molecule has 1 N–H and O–H groups in total. The number of hydrogen-bond donors (Lipinski definition) is 1. The van der Waals surface area contributed by atoms with Gasteiger partial charge in [-0.1, -0.05) is 18.2 Å². The van der Waals surface area contributed by atoms with Gasteiger partial charge in [0.15, 0.2) is 0 Å². The third-order valence-corrected chi connectivity index (χ3v) is 3.33. The number of carbonyl (C=O) groups is 1. The topological polar surface area (TPSA) is 37.3 Å². The van der Waals surface area contributed by atoms with Gasteiger partial charge in [-0.25, -0.2) is 0 Å². The molecule has 72 valence electrons. The zero-order chi connectivity index (χ0) is 10.1. The monoisotopic (exact) mass is 206 g/mol. The van der Waals surface area contributed by atoms with Crippen molar-refractivity contribution in [1.29, 1.82) is 0 Å². The van der Waals surface area contributed by atoms with Gasteiger partial charge in [0.2, 0.25) is 0 Å². The highest BCUT2D eigenvalue weighted by atomic mass is 32.1. The van der Waals surface area contributed by atoms with Crippen molar-refractivity contribution in [1.82, 2.24) is 0 Å². The van der Waals surface area contributed by atoms with Gasteiger partial charge in [-0.2, -0.15) is 0 Å². The molecule has 0 radical (unpaired) electrons. The van der Waals surface area contributed by atoms with Crippen molar-refractivity contribution in [3.8, 4) is 0 Å². The van der Waals surface area contributed by atoms with Gasteiger partial charge in [-0.15, -0.1) is 11.3 Å². The van der Waals surface area contributed by atoms with Gasteiger partial charge in [0.05, 0.1) is 5.92 Å². The van der Waals surface area contributed by atoms with Gasteiger partial charge < -0.3 is 5.11 Å². The Morgan fingerprint density at radius 3 is 2.86 bits per heavy atom. The Hall–Kier alpha value is -1.35. The molecule has 1 atom stereocenters. The van der Waals surface area contributed by atoms with Crippen molar-refractivity contribution >= 4 is 27.4 Å². The van der Waals surface area contributed by atoms with Crippen LogP contribution in [-0.2, 0) is 4.79 Å². The van der Waals surface area contributed by atoms with Crippen LogP contribution in [0.15, 0.2) is 29.6 Å². The van der Waals surface area contributed by atoms with E-state index in [4.69, 9.17) is 5.11 Å². The van der Waals surface area contributed by atoms with Crippen molar-refractivity contribution in [3.05, 3.63) is 35.2 Å². The molecule has 0 saturated carbocycles. The lowest BCUT2D eigenvalue weighted by molar-refractivity contribution is -0.138. The van der Waals surface area contributed by atoms with E-state index in [9.17, 15) is 4.79 Å². The number of benzene rings is 1. The SMILES string of the molecule is CC(C(=O)O)c1csc2ccccc12. The van der Waals surface area contributed by atoms with Crippen LogP contribution in [-0.4, -0.2) is 11.1 Å². The molecule has 0 aliphatic heterocycles. The molecule has 2 rings (SSSR count). The highest BCUT2D eigenvalue weighted by molar-refractivity contribution is 7.17. The number of thiophene rings is 1. The fourth-order valence-corrected chi connectivity index (χ4v) is 2.52. The number of fused-ring (bicyclic) bond motifs is 1. The summed E-state index contributed by atoms with van der Waals surface area (Å²) in [5, 5.41) is 11.9. The Kier molecular flexibility index (Phi) is 2.25. The third kappa shape index (κ3) is 1.40. The van der Waals surface area contributed by atoms with Crippen molar-refractivity contribution in [2.45, 2.75) is 12.8 Å². The van der Waals surface area contributed by atoms with Gasteiger partial charge in [0.25, 0.3) is 0 Å². The fourth-order valence-electron chi connectivity index (χ4n) is 1.47. The Bertz CT molecular complexity index is 473. The Morgan fingerprint density at radius 1 is 1.43 bits per heavy atom. The smallest absolute Gasteiger partial charge is 0.310 e. The van der Waals surface area contributed by atoms with E-state index >= 15 is 0 Å². The molecule has 0 aliphatic rings. The van der Waals surface area contributed by atoms with E-state index in [1.165, 1.54) is 0 Å². The molecule has 0 fully saturated rings. The molecule has 0 saturated heterocycles. The molecule has 14 heavy (non-hydrogen) atoms. The summed E-state index contributed by atoms with van der Waals surface area (Å²) >= 11 is 1.60. The van der Waals surface area contributed by atoms with Crippen LogP contribution in [0.2, 0.25) is 0 Å². The minimum Gasteiger partial charge on any atom is -0.481 e. The summed E-state index contributed by atoms with van der Waals surface area (Å²) in [7, 11) is 0. The van der Waals surface area contributed by atoms with Crippen molar-refractivity contribution in [2.24, 2.45) is 0 Å². The highest BCUT2D eigenvalue weighted by Crippen LogP contribution is 2.30. The average molecular weight is 206 g/mol. The first-order chi connectivity index (χ1) is 6.70. The number of carboxylic acid groups (broad SMARTS) is 1. The minimum absolute atomic E-state index is 0.425. The van der Waals surface area contributed by atoms with Crippen LogP contribution < -0.4 is 0 Å². The minimum atomic E-state index is -0.770. The maximum atomic E-state index is 10.8. The van der Waals surface area contributed by atoms with Gasteiger partial charge in [0, 0.05) is 4.70 Å². The van der Waals surface area contributed by atoms with Gasteiger partial charge in [-0.3, -0.25) is 4.79 Å². The molecule has 3 heteroatoms. The van der Waals surface area contributed by atoms with Crippen LogP contribution in [0.1, 0.15) is 18.4 Å². The van der Waals surface area contributed by atoms with E-state index in [2.05, 4.69) is 0 Å². The predicted molar refractivity (Wildman–Crippen MR) is 57.9 cm³/mol. The summed E-state index contributed by atoms with van der Waals surface area (Å²) in [5.41, 5.74) is 0.915. The zero-order valence-electron chi connectivity index (χ0n) is 7.73. The second kappa shape index (κ2) is 3.42. The van der Waals surface area contributed by atoms with E-state index in [0.717, 1.165) is 15.6 Å². The maximum Gasteiger partial charge on any atom is 0.310 e. The van der Waals surface area contributed by atoms with Crippen LogP contribution in [0.25, 0.3) is 10.1 Å². The zero-order valence-corrected chi connectivity index (χ0v) is 8.54. The summed E-state index contributed by atoms with van der Waals surface area (Å²) in [6.07, 6.45) is 0. The highest BCUT2D eigenvalue weighted by Gasteiger charge is 2.17. The lowest BCUT2D eigenvalue weighted by atomic mass is 10.0. The average Bonchev–Trinajstić information content (AvgIpc) is 2.60. The Balaban J connectivity index is 2.58. The van der Waals surface area contributed by atoms with Gasteiger partial charge >= 0.3 is 5.97 Å². The van der Waals surface area contributed by atoms with Crippen LogP contribution in [0, 0.1) is 0 Å². The van der Waals surface area contributed by atoms with Crippen molar-refractivity contribution in [3.63, 3.8) is 0 Å². The predicted octanol–water partition coefficient (Wildman–Crippen LogP) is 3.09. The molecule has 2 aromatic rings. The molecule has 0 bridgehead atoms. The van der Waals surface area contributed by atoms with Crippen LogP contribution in [0.3, 0.4) is 0 Å². The fraction of sp³-hybridized carbons (Fsp3) is 0.182. The number of rotatable bonds is 2. The molecule has 0 aliphatic carbocycles. The van der Waals surface area contributed by atoms with Gasteiger partial charge in [-0.05, 0) is 29.3 Å². The first-order valence-corrected chi connectivity index (χ1v) is 5.27. The molecule has 1 aromatic carbocycles. The summed E-state index contributed by atoms with van der Waals surface area (Å²) in [5.74, 6) is -1.19. The number of aliphatic carboxylic acids is 1. The molecule has 0 spiro atoms. The van der Waals surface area contributed by atoms with Crippen LogP contribution >= 0.6 is 11.3 Å². The van der Waals surface area contributed by atoms with E-state index in [-0.39, 0.29) is 0 Å². The normalized spacial score (nSPS) is 12.9. The molecule has 1 aromatic heterocycles. The standard InChI is InChI=1S/C11H10O2S/c1-7(11(12)13)9-6-14-10-5-3-2-4-8(9)10/h2-7H,1H3,(H,12,13). The lowest BCUT2D eigenvalue weighted by Crippen LogP contribution is -2.06. The second-order valence-electron chi connectivity index (χ2n) is 3.25. The van der Waals surface area contributed by atoms with E-state index in [1.54, 1.807) is 18.3 Å². The molecular formula is C11H10O2S. The second-order valence-corrected chi connectivity index (χ2v) is 4.16. The van der Waals surface area contributed by atoms with E-state index in [1.807, 2.05) is 29.6 Å². The van der Waals surface area contributed by atoms with Crippen LogP contribution in [0.5, 0.6) is 0 Å².